The first kappa shape index (κ1) is 25.2. The second kappa shape index (κ2) is 12.2. The maximum Gasteiger partial charge on any atom is 0.317 e. The fourth-order valence-corrected chi connectivity index (χ4v) is 4.64. The van der Waals surface area contributed by atoms with E-state index in [2.05, 4.69) is 10.6 Å². The molecule has 1 fully saturated rings. The lowest BCUT2D eigenvalue weighted by atomic mass is 9.90. The Labute approximate surface area is 212 Å². The van der Waals surface area contributed by atoms with Crippen LogP contribution in [0.25, 0.3) is 0 Å². The molecule has 3 aromatic rings. The van der Waals surface area contributed by atoms with Crippen LogP contribution in [0.1, 0.15) is 51.6 Å². The molecule has 2 N–H and O–H groups in total. The molecule has 7 heteroatoms. The van der Waals surface area contributed by atoms with Gasteiger partial charge in [0.25, 0.3) is 5.91 Å². The van der Waals surface area contributed by atoms with E-state index in [9.17, 15) is 9.59 Å². The number of amides is 3. The third-order valence-electron chi connectivity index (χ3n) is 6.64. The number of carbonyl (C=O) groups is 2. The van der Waals surface area contributed by atoms with E-state index < -0.39 is 0 Å². The largest absolute Gasteiger partial charge is 0.496 e. The van der Waals surface area contributed by atoms with Gasteiger partial charge in [-0.1, -0.05) is 48.5 Å². The van der Waals surface area contributed by atoms with Crippen LogP contribution in [0.3, 0.4) is 0 Å². The van der Waals surface area contributed by atoms with Gasteiger partial charge >= 0.3 is 6.03 Å². The van der Waals surface area contributed by atoms with E-state index >= 15 is 0 Å². The van der Waals surface area contributed by atoms with E-state index in [1.54, 1.807) is 7.11 Å². The number of aryl methyl sites for hydroxylation is 1. The first-order chi connectivity index (χ1) is 17.5. The highest BCUT2D eigenvalue weighted by Crippen LogP contribution is 2.29. The first-order valence-electron chi connectivity index (χ1n) is 12.5. The van der Waals surface area contributed by atoms with Gasteiger partial charge in [0.2, 0.25) is 0 Å². The number of piperidine rings is 1. The Hall–Kier alpha value is -3.87. The van der Waals surface area contributed by atoms with Crippen LogP contribution in [0.2, 0.25) is 0 Å². The van der Waals surface area contributed by atoms with E-state index in [1.165, 1.54) is 0 Å². The van der Waals surface area contributed by atoms with Gasteiger partial charge in [0.1, 0.15) is 5.75 Å². The van der Waals surface area contributed by atoms with E-state index in [4.69, 9.17) is 9.72 Å². The minimum absolute atomic E-state index is 0.0520. The topological polar surface area (TPSA) is 83.6 Å². The molecule has 0 radical (unpaired) electrons. The molecule has 0 bridgehead atoms. The Morgan fingerprint density at radius 3 is 2.44 bits per heavy atom. The standard InChI is InChI=1S/C29H34N4O3/c1-21-12-13-25(28(34)30-17-14-23-10-6-7-11-26(23)36-2)27(32-21)24-15-18-33(19-16-24)29(35)31-20-22-8-4-3-5-9-22/h3-13,24H,14-20H2,1-2H3,(H,30,34)(H,31,35). The van der Waals surface area contributed by atoms with Crippen LogP contribution in [-0.4, -0.2) is 48.6 Å². The predicted molar refractivity (Wildman–Crippen MR) is 140 cm³/mol. The molecule has 0 aliphatic carbocycles. The number of methoxy groups -OCH3 is 1. The van der Waals surface area contributed by atoms with E-state index in [1.807, 2.05) is 78.6 Å². The van der Waals surface area contributed by atoms with Crippen molar-refractivity contribution in [3.63, 3.8) is 0 Å². The molecule has 0 spiro atoms. The van der Waals surface area contributed by atoms with Crippen LogP contribution >= 0.6 is 0 Å². The minimum atomic E-state index is -0.115. The fourth-order valence-electron chi connectivity index (χ4n) is 4.64. The zero-order valence-electron chi connectivity index (χ0n) is 21.0. The number of benzene rings is 2. The van der Waals surface area contributed by atoms with Gasteiger partial charge in [-0.2, -0.15) is 0 Å². The van der Waals surface area contributed by atoms with Crippen molar-refractivity contribution < 1.29 is 14.3 Å². The quantitative estimate of drug-likeness (QED) is 0.492. The molecule has 0 saturated carbocycles. The highest BCUT2D eigenvalue weighted by molar-refractivity contribution is 5.95. The number of pyridine rings is 1. The second-order valence-corrected chi connectivity index (χ2v) is 9.11. The van der Waals surface area contributed by atoms with Crippen LogP contribution in [0.4, 0.5) is 4.79 Å². The predicted octanol–water partition coefficient (Wildman–Crippen LogP) is 4.46. The maximum absolute atomic E-state index is 13.1. The number of para-hydroxylation sites is 1. The molecule has 1 aliphatic rings. The number of rotatable bonds is 8. The summed E-state index contributed by atoms with van der Waals surface area (Å²) >= 11 is 0. The molecule has 4 rings (SSSR count). The van der Waals surface area contributed by atoms with Gasteiger partial charge in [-0.05, 0) is 55.5 Å². The molecule has 3 amide bonds. The molecule has 1 saturated heterocycles. The van der Waals surface area contributed by atoms with E-state index in [0.29, 0.717) is 38.2 Å². The lowest BCUT2D eigenvalue weighted by Crippen LogP contribution is -2.44. The molecule has 2 heterocycles. The first-order valence-corrected chi connectivity index (χ1v) is 12.5. The molecule has 0 atom stereocenters. The Bertz CT molecular complexity index is 1170. The zero-order chi connectivity index (χ0) is 25.3. The van der Waals surface area contributed by atoms with Gasteiger partial charge in [-0.25, -0.2) is 4.79 Å². The minimum Gasteiger partial charge on any atom is -0.496 e. The lowest BCUT2D eigenvalue weighted by Gasteiger charge is -2.32. The van der Waals surface area contributed by atoms with Crippen molar-refractivity contribution in [1.82, 2.24) is 20.5 Å². The third-order valence-corrected chi connectivity index (χ3v) is 6.64. The molecule has 0 unspecified atom stereocenters. The van der Waals surface area contributed by atoms with Crippen molar-refractivity contribution in [2.45, 2.75) is 38.6 Å². The number of hydrogen-bond acceptors (Lipinski definition) is 4. The van der Waals surface area contributed by atoms with Crippen molar-refractivity contribution in [2.24, 2.45) is 0 Å². The number of likely N-dealkylation sites (tertiary alicyclic amines) is 1. The number of carbonyl (C=O) groups excluding carboxylic acids is 2. The zero-order valence-corrected chi connectivity index (χ0v) is 21.0. The van der Waals surface area contributed by atoms with Gasteiger partial charge in [-0.15, -0.1) is 0 Å². The second-order valence-electron chi connectivity index (χ2n) is 9.11. The van der Waals surface area contributed by atoms with Gasteiger partial charge < -0.3 is 20.3 Å². The SMILES string of the molecule is COc1ccccc1CCNC(=O)c1ccc(C)nc1C1CCN(C(=O)NCc2ccccc2)CC1. The van der Waals surface area contributed by atoms with E-state index in [-0.39, 0.29) is 17.9 Å². The Morgan fingerprint density at radius 2 is 1.69 bits per heavy atom. The molecule has 1 aromatic heterocycles. The van der Waals surface area contributed by atoms with Crippen LogP contribution < -0.4 is 15.4 Å². The lowest BCUT2D eigenvalue weighted by molar-refractivity contribution is 0.0951. The number of nitrogens with zero attached hydrogens (tertiary/aromatic N) is 2. The monoisotopic (exact) mass is 486 g/mol. The van der Waals surface area contributed by atoms with Crippen molar-refractivity contribution >= 4 is 11.9 Å². The van der Waals surface area contributed by atoms with Crippen molar-refractivity contribution in [3.8, 4) is 5.75 Å². The summed E-state index contributed by atoms with van der Waals surface area (Å²) in [5, 5.41) is 6.05. The maximum atomic E-state index is 13.1. The summed E-state index contributed by atoms with van der Waals surface area (Å²) in [6.07, 6.45) is 2.23. The number of nitrogens with one attached hydrogen (secondary N) is 2. The Kier molecular flexibility index (Phi) is 8.55. The molecule has 188 valence electrons. The molecule has 7 nitrogen and oxygen atoms in total. The average Bonchev–Trinajstić information content (AvgIpc) is 2.92. The van der Waals surface area contributed by atoms with Crippen LogP contribution in [0.15, 0.2) is 66.7 Å². The molecular formula is C29H34N4O3. The van der Waals surface area contributed by atoms with Crippen LogP contribution in [-0.2, 0) is 13.0 Å². The van der Waals surface area contributed by atoms with Crippen molar-refractivity contribution in [1.29, 1.82) is 0 Å². The summed E-state index contributed by atoms with van der Waals surface area (Å²) in [7, 11) is 1.65. The number of urea groups is 1. The Morgan fingerprint density at radius 1 is 0.972 bits per heavy atom. The average molecular weight is 487 g/mol. The Balaban J connectivity index is 1.33. The van der Waals surface area contributed by atoms with Crippen LogP contribution in [0.5, 0.6) is 5.75 Å². The molecule has 2 aromatic carbocycles. The molecular weight excluding hydrogens is 452 g/mol. The number of ether oxygens (including phenoxy) is 1. The molecule has 36 heavy (non-hydrogen) atoms. The van der Waals surface area contributed by atoms with Gasteiger partial charge in [-0.3, -0.25) is 9.78 Å². The third kappa shape index (κ3) is 6.42. The van der Waals surface area contributed by atoms with Gasteiger partial charge in [0, 0.05) is 37.8 Å². The number of aromatic nitrogens is 1. The molecule has 1 aliphatic heterocycles. The highest BCUT2D eigenvalue weighted by Gasteiger charge is 2.28. The smallest absolute Gasteiger partial charge is 0.317 e. The highest BCUT2D eigenvalue weighted by atomic mass is 16.5. The summed E-state index contributed by atoms with van der Waals surface area (Å²) in [4.78, 5) is 32.4. The fraction of sp³-hybridized carbons (Fsp3) is 0.345. The summed E-state index contributed by atoms with van der Waals surface area (Å²) in [6, 6.07) is 21.4. The summed E-state index contributed by atoms with van der Waals surface area (Å²) in [5.41, 5.74) is 4.46. The van der Waals surface area contributed by atoms with Crippen molar-refractivity contribution in [2.75, 3.05) is 26.7 Å². The van der Waals surface area contributed by atoms with Crippen molar-refractivity contribution in [3.05, 3.63) is 94.8 Å². The number of hydrogen-bond donors (Lipinski definition) is 2. The normalized spacial score (nSPS) is 13.8. The summed E-state index contributed by atoms with van der Waals surface area (Å²) in [6.45, 7) is 4.23. The van der Waals surface area contributed by atoms with Gasteiger partial charge in [0.05, 0.1) is 18.4 Å². The summed E-state index contributed by atoms with van der Waals surface area (Å²) < 4.78 is 5.41. The van der Waals surface area contributed by atoms with Gasteiger partial charge in [0.15, 0.2) is 0 Å². The van der Waals surface area contributed by atoms with E-state index in [0.717, 1.165) is 41.1 Å². The summed E-state index contributed by atoms with van der Waals surface area (Å²) in [5.74, 6) is 0.845. The van der Waals surface area contributed by atoms with Crippen LogP contribution in [0, 0.1) is 6.92 Å².